The van der Waals surface area contributed by atoms with Crippen molar-refractivity contribution in [2.75, 3.05) is 13.2 Å². The summed E-state index contributed by atoms with van der Waals surface area (Å²) in [4.78, 5) is 15.0. The summed E-state index contributed by atoms with van der Waals surface area (Å²) < 4.78 is 3.23. The van der Waals surface area contributed by atoms with Crippen LogP contribution in [-0.2, 0) is 7.05 Å². The minimum absolute atomic E-state index is 0.0284. The summed E-state index contributed by atoms with van der Waals surface area (Å²) in [6, 6.07) is 24.1. The van der Waals surface area contributed by atoms with E-state index in [-0.39, 0.29) is 18.6 Å². The SMILES string of the molecule is Cn1c(-c2ccc(Br)cc2)c([C@H]2c3ccccc3C(=O)N2CCO)c2ccccc21. The van der Waals surface area contributed by atoms with Crippen LogP contribution in [0.25, 0.3) is 22.2 Å². The summed E-state index contributed by atoms with van der Waals surface area (Å²) in [5.41, 5.74) is 6.10. The number of aryl methyl sites for hydroxylation is 1. The Balaban J connectivity index is 1.85. The number of β-amino-alcohol motifs (C(OH)–C–C–N with tert-alkyl or cyclic N) is 1. The molecular weight excluding hydrogens is 440 g/mol. The largest absolute Gasteiger partial charge is 0.395 e. The number of nitrogens with zero attached hydrogens (tertiary/aromatic N) is 2. The number of rotatable bonds is 4. The molecule has 1 amide bonds. The molecule has 1 atom stereocenters. The van der Waals surface area contributed by atoms with E-state index in [1.807, 2.05) is 48.5 Å². The quantitative estimate of drug-likeness (QED) is 0.457. The smallest absolute Gasteiger partial charge is 0.255 e. The molecule has 0 bridgehead atoms. The zero-order chi connectivity index (χ0) is 20.8. The van der Waals surface area contributed by atoms with Gasteiger partial charge in [0.25, 0.3) is 5.91 Å². The number of carbonyl (C=O) groups is 1. The van der Waals surface area contributed by atoms with Crippen molar-refractivity contribution in [3.63, 3.8) is 0 Å². The van der Waals surface area contributed by atoms with Gasteiger partial charge in [-0.1, -0.05) is 64.5 Å². The van der Waals surface area contributed by atoms with E-state index < -0.39 is 0 Å². The second-order valence-corrected chi connectivity index (χ2v) is 8.47. The number of hydrogen-bond acceptors (Lipinski definition) is 2. The van der Waals surface area contributed by atoms with Crippen LogP contribution in [0.2, 0.25) is 0 Å². The van der Waals surface area contributed by atoms with Gasteiger partial charge in [0.1, 0.15) is 0 Å². The highest BCUT2D eigenvalue weighted by atomic mass is 79.9. The predicted octanol–water partition coefficient (Wildman–Crippen LogP) is 5.15. The number of aliphatic hydroxyl groups is 1. The molecule has 4 nitrogen and oxygen atoms in total. The third-order valence-corrected chi connectivity index (χ3v) is 6.47. The molecule has 0 unspecified atom stereocenters. The lowest BCUT2D eigenvalue weighted by Crippen LogP contribution is -2.31. The van der Waals surface area contributed by atoms with Crippen molar-refractivity contribution >= 4 is 32.7 Å². The molecule has 0 aliphatic carbocycles. The summed E-state index contributed by atoms with van der Waals surface area (Å²) in [6.07, 6.45) is 0. The number of hydrogen-bond donors (Lipinski definition) is 1. The van der Waals surface area contributed by atoms with Gasteiger partial charge in [-0.15, -0.1) is 0 Å². The van der Waals surface area contributed by atoms with E-state index in [4.69, 9.17) is 0 Å². The normalized spacial score (nSPS) is 15.8. The first kappa shape index (κ1) is 19.1. The van der Waals surface area contributed by atoms with E-state index in [0.29, 0.717) is 12.1 Å². The van der Waals surface area contributed by atoms with Gasteiger partial charge in [-0.25, -0.2) is 0 Å². The lowest BCUT2D eigenvalue weighted by Gasteiger charge is -2.26. The molecule has 1 N–H and O–H groups in total. The highest BCUT2D eigenvalue weighted by Gasteiger charge is 2.40. The minimum atomic E-state index is -0.245. The maximum Gasteiger partial charge on any atom is 0.255 e. The number of para-hydroxylation sites is 1. The Hall–Kier alpha value is -2.89. The standard InChI is InChI=1S/C25H21BrN2O2/c1-27-21-9-5-4-8-20(21)22(23(27)16-10-12-17(26)13-11-16)24-18-6-2-3-7-19(18)25(30)28(24)14-15-29/h2-13,24,29H,14-15H2,1H3/t24-/m1/s1. The van der Waals surface area contributed by atoms with Crippen molar-refractivity contribution in [3.8, 4) is 11.3 Å². The molecule has 0 spiro atoms. The molecule has 0 fully saturated rings. The van der Waals surface area contributed by atoms with E-state index in [2.05, 4.69) is 51.8 Å². The van der Waals surface area contributed by atoms with Crippen molar-refractivity contribution < 1.29 is 9.90 Å². The third kappa shape index (κ3) is 2.81. The second-order valence-electron chi connectivity index (χ2n) is 7.56. The molecule has 5 heteroatoms. The van der Waals surface area contributed by atoms with Gasteiger partial charge in [0.2, 0.25) is 0 Å². The first-order chi connectivity index (χ1) is 14.6. The number of carbonyl (C=O) groups excluding carboxylic acids is 1. The molecule has 2 heterocycles. The molecule has 0 saturated carbocycles. The summed E-state index contributed by atoms with van der Waals surface area (Å²) in [5, 5.41) is 10.8. The van der Waals surface area contributed by atoms with Crippen LogP contribution in [0.4, 0.5) is 0 Å². The number of amides is 1. The molecule has 4 aromatic rings. The molecule has 1 aliphatic rings. The van der Waals surface area contributed by atoms with Crippen LogP contribution in [0.1, 0.15) is 27.5 Å². The molecule has 3 aromatic carbocycles. The van der Waals surface area contributed by atoms with E-state index in [1.54, 1.807) is 4.90 Å². The Kier molecular flexibility index (Phi) is 4.72. The van der Waals surface area contributed by atoms with E-state index in [9.17, 15) is 9.90 Å². The van der Waals surface area contributed by atoms with Crippen LogP contribution in [0.5, 0.6) is 0 Å². The van der Waals surface area contributed by atoms with Crippen LogP contribution in [0.3, 0.4) is 0 Å². The minimum Gasteiger partial charge on any atom is -0.395 e. The molecule has 5 rings (SSSR count). The maximum absolute atomic E-state index is 13.2. The number of benzene rings is 3. The van der Waals surface area contributed by atoms with Crippen LogP contribution >= 0.6 is 15.9 Å². The number of aromatic nitrogens is 1. The Morgan fingerprint density at radius 3 is 2.43 bits per heavy atom. The van der Waals surface area contributed by atoms with Gasteiger partial charge in [0, 0.05) is 40.1 Å². The van der Waals surface area contributed by atoms with Crippen LogP contribution < -0.4 is 0 Å². The molecule has 1 aliphatic heterocycles. The summed E-state index contributed by atoms with van der Waals surface area (Å²) in [7, 11) is 2.07. The lowest BCUT2D eigenvalue weighted by molar-refractivity contribution is 0.0713. The Labute approximate surface area is 183 Å². The van der Waals surface area contributed by atoms with Gasteiger partial charge < -0.3 is 14.6 Å². The van der Waals surface area contributed by atoms with Crippen molar-refractivity contribution in [1.82, 2.24) is 9.47 Å². The number of aliphatic hydroxyl groups excluding tert-OH is 1. The van der Waals surface area contributed by atoms with Crippen molar-refractivity contribution in [1.29, 1.82) is 0 Å². The van der Waals surface area contributed by atoms with Crippen molar-refractivity contribution in [2.24, 2.45) is 7.05 Å². The number of halogens is 1. The van der Waals surface area contributed by atoms with Crippen LogP contribution in [0, 0.1) is 0 Å². The zero-order valence-corrected chi connectivity index (χ0v) is 18.1. The van der Waals surface area contributed by atoms with Gasteiger partial charge >= 0.3 is 0 Å². The highest BCUT2D eigenvalue weighted by Crippen LogP contribution is 2.46. The summed E-state index contributed by atoms with van der Waals surface area (Å²) >= 11 is 3.53. The fourth-order valence-corrected chi connectivity index (χ4v) is 4.94. The lowest BCUT2D eigenvalue weighted by atomic mass is 9.93. The number of fused-ring (bicyclic) bond motifs is 2. The second kappa shape index (κ2) is 7.42. The van der Waals surface area contributed by atoms with Gasteiger partial charge in [0.15, 0.2) is 0 Å². The van der Waals surface area contributed by atoms with Crippen molar-refractivity contribution in [3.05, 3.63) is 94.0 Å². The monoisotopic (exact) mass is 460 g/mol. The Morgan fingerprint density at radius 1 is 0.967 bits per heavy atom. The Morgan fingerprint density at radius 2 is 1.67 bits per heavy atom. The molecular formula is C25H21BrN2O2. The highest BCUT2D eigenvalue weighted by molar-refractivity contribution is 9.10. The van der Waals surface area contributed by atoms with E-state index in [1.165, 1.54) is 0 Å². The van der Waals surface area contributed by atoms with Gasteiger partial charge in [-0.2, -0.15) is 0 Å². The van der Waals surface area contributed by atoms with E-state index >= 15 is 0 Å². The third-order valence-electron chi connectivity index (χ3n) is 5.94. The zero-order valence-electron chi connectivity index (χ0n) is 16.5. The fraction of sp³-hybridized carbons (Fsp3) is 0.160. The van der Waals surface area contributed by atoms with Gasteiger partial charge in [0.05, 0.1) is 18.3 Å². The summed E-state index contributed by atoms with van der Waals surface area (Å²) in [5.74, 6) is -0.0284. The van der Waals surface area contributed by atoms with Crippen LogP contribution in [0.15, 0.2) is 77.3 Å². The first-order valence-corrected chi connectivity index (χ1v) is 10.7. The molecule has 150 valence electrons. The molecule has 0 radical (unpaired) electrons. The predicted molar refractivity (Wildman–Crippen MR) is 122 cm³/mol. The first-order valence-electron chi connectivity index (χ1n) is 9.96. The fourth-order valence-electron chi connectivity index (χ4n) is 4.68. The molecule has 30 heavy (non-hydrogen) atoms. The summed E-state index contributed by atoms with van der Waals surface area (Å²) in [6.45, 7) is 0.218. The van der Waals surface area contributed by atoms with Gasteiger partial charge in [-0.3, -0.25) is 4.79 Å². The van der Waals surface area contributed by atoms with Crippen LogP contribution in [-0.4, -0.2) is 33.6 Å². The Bertz CT molecular complexity index is 1260. The average Bonchev–Trinajstić information content (AvgIpc) is 3.21. The van der Waals surface area contributed by atoms with Crippen molar-refractivity contribution in [2.45, 2.75) is 6.04 Å². The van der Waals surface area contributed by atoms with E-state index in [0.717, 1.165) is 37.8 Å². The topological polar surface area (TPSA) is 45.5 Å². The maximum atomic E-state index is 13.2. The average molecular weight is 461 g/mol. The molecule has 1 aromatic heterocycles. The molecule has 0 saturated heterocycles. The van der Waals surface area contributed by atoms with Gasteiger partial charge in [-0.05, 0) is 35.4 Å².